The molecule has 0 radical (unpaired) electrons. The van der Waals surface area contributed by atoms with Crippen LogP contribution >= 0.6 is 15.9 Å². The number of benzene rings is 2. The van der Waals surface area contributed by atoms with E-state index in [1.807, 2.05) is 42.5 Å². The van der Waals surface area contributed by atoms with E-state index < -0.39 is 0 Å². The second kappa shape index (κ2) is 8.47. The Labute approximate surface area is 176 Å². The predicted molar refractivity (Wildman–Crippen MR) is 114 cm³/mol. The summed E-state index contributed by atoms with van der Waals surface area (Å²) in [6, 6.07) is 18.9. The molecular weight excluding hydrogens is 434 g/mol. The number of hydrogen-bond donors (Lipinski definition) is 1. The van der Waals surface area contributed by atoms with Gasteiger partial charge >= 0.3 is 0 Å². The summed E-state index contributed by atoms with van der Waals surface area (Å²) in [4.78, 5) is 2.07. The number of aliphatic hydroxyl groups excluding tert-OH is 1. The molecule has 3 aromatic rings. The highest BCUT2D eigenvalue weighted by Gasteiger charge is 2.25. The molecule has 0 amide bonds. The third-order valence-corrected chi connectivity index (χ3v) is 5.35. The third-order valence-electron chi connectivity index (χ3n) is 4.66. The van der Waals surface area contributed by atoms with E-state index in [1.54, 1.807) is 16.7 Å². The van der Waals surface area contributed by atoms with Crippen LogP contribution in [0.4, 0.5) is 5.95 Å². The number of morpholine rings is 1. The minimum atomic E-state index is -0.155. The zero-order valence-electron chi connectivity index (χ0n) is 15.5. The van der Waals surface area contributed by atoms with Crippen LogP contribution in [-0.4, -0.2) is 46.2 Å². The lowest BCUT2D eigenvalue weighted by Gasteiger charge is -2.28. The van der Waals surface area contributed by atoms with E-state index in [9.17, 15) is 10.4 Å². The number of hydrogen-bond acceptors (Lipinski definition) is 6. The van der Waals surface area contributed by atoms with E-state index in [2.05, 4.69) is 37.1 Å². The van der Waals surface area contributed by atoms with Gasteiger partial charge in [0.05, 0.1) is 18.9 Å². The van der Waals surface area contributed by atoms with Crippen molar-refractivity contribution in [2.24, 2.45) is 0 Å². The maximum absolute atomic E-state index is 10.9. The molecule has 0 saturated carbocycles. The van der Waals surface area contributed by atoms with Gasteiger partial charge in [0.1, 0.15) is 17.4 Å². The van der Waals surface area contributed by atoms with Gasteiger partial charge in [-0.2, -0.15) is 5.26 Å². The predicted octanol–water partition coefficient (Wildman–Crippen LogP) is 3.82. The molecular formula is C21H18BrN5O2. The number of aliphatic hydroxyl groups is 1. The normalized spacial score (nSPS) is 15.0. The Balaban J connectivity index is 1.91. The van der Waals surface area contributed by atoms with Crippen LogP contribution in [-0.2, 0) is 4.74 Å². The first kappa shape index (κ1) is 19.2. The summed E-state index contributed by atoms with van der Waals surface area (Å²) in [5, 5.41) is 29.5. The lowest BCUT2D eigenvalue weighted by atomic mass is 10.1. The zero-order valence-corrected chi connectivity index (χ0v) is 17.1. The Morgan fingerprint density at radius 2 is 1.72 bits per heavy atom. The summed E-state index contributed by atoms with van der Waals surface area (Å²) in [6.45, 7) is 2.54. The van der Waals surface area contributed by atoms with Crippen molar-refractivity contribution >= 4 is 33.2 Å². The molecule has 29 heavy (non-hydrogen) atoms. The molecule has 0 spiro atoms. The molecule has 2 aromatic carbocycles. The second-order valence-electron chi connectivity index (χ2n) is 6.41. The highest BCUT2D eigenvalue weighted by Crippen LogP contribution is 2.31. The van der Waals surface area contributed by atoms with Gasteiger partial charge in [-0.1, -0.05) is 52.3 Å². The standard InChI is InChI=1S/C21H18BrN5O2/c22-18-9-5-4-8-16(18)19(28)17(14-23)20-24-25-21(26-10-12-29-13-11-26)27(20)15-6-2-1-3-7-15/h1-9,28H,10-13H2. The van der Waals surface area contributed by atoms with Crippen LogP contribution in [0.3, 0.4) is 0 Å². The van der Waals surface area contributed by atoms with Crippen molar-refractivity contribution in [1.29, 1.82) is 5.26 Å². The van der Waals surface area contributed by atoms with E-state index in [0.29, 0.717) is 42.3 Å². The molecule has 0 aliphatic carbocycles. The fourth-order valence-electron chi connectivity index (χ4n) is 3.22. The fraction of sp³-hybridized carbons (Fsp3) is 0.190. The minimum absolute atomic E-state index is 0.0489. The number of allylic oxidation sites excluding steroid dienone is 1. The average Bonchev–Trinajstić information content (AvgIpc) is 3.20. The van der Waals surface area contributed by atoms with E-state index in [1.165, 1.54) is 0 Å². The minimum Gasteiger partial charge on any atom is -0.506 e. The van der Waals surface area contributed by atoms with Crippen LogP contribution in [0.1, 0.15) is 11.4 Å². The Bertz CT molecular complexity index is 1080. The summed E-state index contributed by atoms with van der Waals surface area (Å²) in [5.41, 5.74) is 1.37. The quantitative estimate of drug-likeness (QED) is 0.479. The first-order valence-electron chi connectivity index (χ1n) is 9.13. The third kappa shape index (κ3) is 3.75. The molecule has 146 valence electrons. The summed E-state index contributed by atoms with van der Waals surface area (Å²) >= 11 is 3.43. The monoisotopic (exact) mass is 451 g/mol. The Morgan fingerprint density at radius 1 is 1.03 bits per heavy atom. The topological polar surface area (TPSA) is 87.2 Å². The zero-order chi connectivity index (χ0) is 20.2. The average molecular weight is 452 g/mol. The van der Waals surface area contributed by atoms with Crippen molar-refractivity contribution in [2.75, 3.05) is 31.2 Å². The van der Waals surface area contributed by atoms with E-state index in [-0.39, 0.29) is 17.2 Å². The van der Waals surface area contributed by atoms with Gasteiger partial charge in [-0.15, -0.1) is 10.2 Å². The smallest absolute Gasteiger partial charge is 0.232 e. The van der Waals surface area contributed by atoms with Gasteiger partial charge in [0.25, 0.3) is 0 Å². The first-order chi connectivity index (χ1) is 14.2. The molecule has 1 saturated heterocycles. The maximum atomic E-state index is 10.9. The van der Waals surface area contributed by atoms with Crippen molar-refractivity contribution in [2.45, 2.75) is 0 Å². The Hall–Kier alpha value is -3.15. The summed E-state index contributed by atoms with van der Waals surface area (Å²) in [6.07, 6.45) is 0. The van der Waals surface area contributed by atoms with Gasteiger partial charge in [0.15, 0.2) is 5.82 Å². The van der Waals surface area contributed by atoms with E-state index in [4.69, 9.17) is 4.74 Å². The van der Waals surface area contributed by atoms with Crippen LogP contribution in [0.15, 0.2) is 59.1 Å². The molecule has 0 bridgehead atoms. The molecule has 1 aliphatic rings. The van der Waals surface area contributed by atoms with Gasteiger partial charge in [0, 0.05) is 23.1 Å². The Morgan fingerprint density at radius 3 is 2.41 bits per heavy atom. The molecule has 1 aromatic heterocycles. The van der Waals surface area contributed by atoms with Gasteiger partial charge in [-0.3, -0.25) is 4.57 Å². The highest BCUT2D eigenvalue weighted by molar-refractivity contribution is 9.10. The molecule has 1 aliphatic heterocycles. The van der Waals surface area contributed by atoms with Crippen molar-refractivity contribution in [1.82, 2.24) is 14.8 Å². The summed E-state index contributed by atoms with van der Waals surface area (Å²) < 4.78 is 7.93. The van der Waals surface area contributed by atoms with Gasteiger partial charge in [-0.05, 0) is 18.2 Å². The number of nitriles is 1. The van der Waals surface area contributed by atoms with Crippen LogP contribution in [0, 0.1) is 11.3 Å². The largest absolute Gasteiger partial charge is 0.506 e. The van der Waals surface area contributed by atoms with Crippen LogP contribution in [0.2, 0.25) is 0 Å². The molecule has 2 heterocycles. The summed E-state index contributed by atoms with van der Waals surface area (Å²) in [5.74, 6) is 0.744. The van der Waals surface area contributed by atoms with Gasteiger partial charge < -0.3 is 14.7 Å². The van der Waals surface area contributed by atoms with E-state index in [0.717, 1.165) is 5.69 Å². The maximum Gasteiger partial charge on any atom is 0.232 e. The number of aromatic nitrogens is 3. The molecule has 1 fully saturated rings. The SMILES string of the molecule is N#CC(=C(O)c1ccccc1Br)c1nnc(N2CCOCC2)n1-c1ccccc1. The number of halogens is 1. The lowest BCUT2D eigenvalue weighted by molar-refractivity contribution is 0.122. The van der Waals surface area contributed by atoms with E-state index >= 15 is 0 Å². The number of para-hydroxylation sites is 1. The molecule has 0 unspecified atom stereocenters. The first-order valence-corrected chi connectivity index (χ1v) is 9.92. The fourth-order valence-corrected chi connectivity index (χ4v) is 3.69. The Kier molecular flexibility index (Phi) is 5.60. The summed E-state index contributed by atoms with van der Waals surface area (Å²) in [7, 11) is 0. The number of anilines is 1. The lowest BCUT2D eigenvalue weighted by Crippen LogP contribution is -2.38. The second-order valence-corrected chi connectivity index (χ2v) is 7.26. The molecule has 4 rings (SSSR count). The van der Waals surface area contributed by atoms with Crippen LogP contribution < -0.4 is 4.90 Å². The van der Waals surface area contributed by atoms with Crippen LogP contribution in [0.25, 0.3) is 17.0 Å². The van der Waals surface area contributed by atoms with Gasteiger partial charge in [0.2, 0.25) is 5.95 Å². The van der Waals surface area contributed by atoms with Crippen molar-refractivity contribution in [3.63, 3.8) is 0 Å². The molecule has 1 N–H and O–H groups in total. The molecule has 7 nitrogen and oxygen atoms in total. The molecule has 8 heteroatoms. The van der Waals surface area contributed by atoms with Crippen LogP contribution in [0.5, 0.6) is 0 Å². The number of rotatable bonds is 4. The molecule has 0 atom stereocenters. The van der Waals surface area contributed by atoms with Gasteiger partial charge in [-0.25, -0.2) is 0 Å². The van der Waals surface area contributed by atoms with Crippen molar-refractivity contribution in [3.05, 3.63) is 70.5 Å². The highest BCUT2D eigenvalue weighted by atomic mass is 79.9. The number of ether oxygens (including phenoxy) is 1. The van der Waals surface area contributed by atoms with Crippen molar-refractivity contribution < 1.29 is 9.84 Å². The number of nitrogens with zero attached hydrogens (tertiary/aromatic N) is 5. The van der Waals surface area contributed by atoms with Crippen molar-refractivity contribution in [3.8, 4) is 11.8 Å².